The molecule has 2 atom stereocenters. The predicted molar refractivity (Wildman–Crippen MR) is 151 cm³/mol. The first-order valence-electron chi connectivity index (χ1n) is 12.1. The van der Waals surface area contributed by atoms with E-state index in [0.717, 1.165) is 16.9 Å². The molecule has 39 heavy (non-hydrogen) atoms. The smallest absolute Gasteiger partial charge is 0.337 e. The van der Waals surface area contributed by atoms with Crippen molar-refractivity contribution in [1.29, 1.82) is 0 Å². The second kappa shape index (κ2) is 11.0. The van der Waals surface area contributed by atoms with Gasteiger partial charge < -0.3 is 29.4 Å². The topological polar surface area (TPSA) is 106 Å². The van der Waals surface area contributed by atoms with Crippen molar-refractivity contribution in [2.45, 2.75) is 19.0 Å². The van der Waals surface area contributed by atoms with Crippen LogP contribution in [-0.2, 0) is 9.53 Å². The van der Waals surface area contributed by atoms with Crippen LogP contribution in [-0.4, -0.2) is 36.2 Å². The number of carbonyl (C=O) groups is 2. The van der Waals surface area contributed by atoms with Crippen LogP contribution in [0.2, 0.25) is 0 Å². The Kier molecular flexibility index (Phi) is 7.29. The van der Waals surface area contributed by atoms with Crippen molar-refractivity contribution in [3.8, 4) is 17.1 Å². The van der Waals surface area contributed by atoms with Crippen molar-refractivity contribution in [3.05, 3.63) is 96.0 Å². The number of hydrogen-bond acceptors (Lipinski definition) is 7. The minimum absolute atomic E-state index is 0.222. The van der Waals surface area contributed by atoms with Crippen LogP contribution >= 0.6 is 12.2 Å². The number of nitrogens with one attached hydrogen (secondary N) is 2. The van der Waals surface area contributed by atoms with Gasteiger partial charge in [0.05, 0.1) is 37.2 Å². The van der Waals surface area contributed by atoms with Gasteiger partial charge in [0.2, 0.25) is 5.91 Å². The van der Waals surface area contributed by atoms with Crippen molar-refractivity contribution in [2.24, 2.45) is 0 Å². The molecule has 5 rings (SSSR count). The fraction of sp³-hybridized carbons (Fsp3) is 0.172. The van der Waals surface area contributed by atoms with Gasteiger partial charge in [0.15, 0.2) is 5.11 Å². The number of amides is 1. The van der Waals surface area contributed by atoms with Gasteiger partial charge in [0, 0.05) is 24.4 Å². The number of methoxy groups -OCH3 is 2. The van der Waals surface area contributed by atoms with Gasteiger partial charge in [-0.05, 0) is 66.8 Å². The minimum Gasteiger partial charge on any atom is -0.495 e. The van der Waals surface area contributed by atoms with Crippen LogP contribution in [0.4, 0.5) is 11.4 Å². The Balaban J connectivity index is 1.59. The lowest BCUT2D eigenvalue weighted by molar-refractivity contribution is -0.114. The summed E-state index contributed by atoms with van der Waals surface area (Å²) in [5.41, 5.74) is 3.19. The molecule has 0 aliphatic carbocycles. The summed E-state index contributed by atoms with van der Waals surface area (Å²) >= 11 is 5.80. The molecule has 0 unspecified atom stereocenters. The fourth-order valence-electron chi connectivity index (χ4n) is 4.64. The first-order valence-corrected chi connectivity index (χ1v) is 12.5. The molecule has 1 aliphatic heterocycles. The third-order valence-electron chi connectivity index (χ3n) is 6.36. The second-order valence-corrected chi connectivity index (χ2v) is 9.22. The first-order chi connectivity index (χ1) is 18.9. The summed E-state index contributed by atoms with van der Waals surface area (Å²) in [6.07, 6.45) is 1.73. The summed E-state index contributed by atoms with van der Waals surface area (Å²) in [4.78, 5) is 30.4. The lowest BCUT2D eigenvalue weighted by atomic mass is 10.0. The lowest BCUT2D eigenvalue weighted by Crippen LogP contribution is -2.29. The van der Waals surface area contributed by atoms with Crippen LogP contribution in [0.3, 0.4) is 0 Å². The number of ether oxygens (including phenoxy) is 2. The number of thiocarbonyl (C=S) groups is 1. The molecule has 0 radical (unpaired) electrons. The van der Waals surface area contributed by atoms with Crippen LogP contribution < -0.4 is 20.3 Å². The molecule has 1 amide bonds. The molecule has 1 fully saturated rings. The molecule has 2 N–H and O–H groups in total. The van der Waals surface area contributed by atoms with E-state index in [1.54, 1.807) is 37.6 Å². The van der Waals surface area contributed by atoms with Gasteiger partial charge in [0.25, 0.3) is 0 Å². The number of anilines is 2. The molecule has 10 heteroatoms. The van der Waals surface area contributed by atoms with Gasteiger partial charge in [0.1, 0.15) is 23.3 Å². The standard InChI is InChI=1S/C29H26N4O5S/c1-17(34)31-22-16-20(10-11-24(22)36-2)33-27(26(32-29(33)39)21-9-4-5-14-30-21)25-13-12-23(38-25)18-7-6-8-19(15-18)28(35)37-3/h4-16,26-27H,1-3H3,(H,31,34)(H,32,39)/t26-,27+/m0/s1. The normalized spacial score (nSPS) is 16.5. The quantitative estimate of drug-likeness (QED) is 0.239. The average Bonchev–Trinajstić information content (AvgIpc) is 3.57. The minimum atomic E-state index is -0.426. The van der Waals surface area contributed by atoms with E-state index in [-0.39, 0.29) is 11.9 Å². The van der Waals surface area contributed by atoms with Crippen molar-refractivity contribution in [3.63, 3.8) is 0 Å². The Morgan fingerprint density at radius 2 is 1.90 bits per heavy atom. The maximum Gasteiger partial charge on any atom is 0.337 e. The number of furan rings is 1. The largest absolute Gasteiger partial charge is 0.495 e. The maximum atomic E-state index is 12.1. The molecular weight excluding hydrogens is 516 g/mol. The van der Waals surface area contributed by atoms with Gasteiger partial charge in [-0.2, -0.15) is 0 Å². The summed E-state index contributed by atoms with van der Waals surface area (Å²) in [7, 11) is 2.89. The number of pyridine rings is 1. The highest BCUT2D eigenvalue weighted by molar-refractivity contribution is 7.80. The SMILES string of the molecule is COC(=O)c1cccc(-c2ccc([C@@H]3[C@H](c4ccccn4)NC(=S)N3c3ccc(OC)c(NC(C)=O)c3)o2)c1. The van der Waals surface area contributed by atoms with E-state index in [4.69, 9.17) is 26.1 Å². The molecule has 2 aromatic carbocycles. The van der Waals surface area contributed by atoms with E-state index in [9.17, 15) is 9.59 Å². The third-order valence-corrected chi connectivity index (χ3v) is 6.67. The van der Waals surface area contributed by atoms with E-state index in [1.807, 2.05) is 53.4 Å². The Bertz CT molecular complexity index is 1540. The summed E-state index contributed by atoms with van der Waals surface area (Å²) in [6.45, 7) is 1.44. The maximum absolute atomic E-state index is 12.1. The summed E-state index contributed by atoms with van der Waals surface area (Å²) < 4.78 is 16.7. The van der Waals surface area contributed by atoms with E-state index < -0.39 is 12.0 Å². The van der Waals surface area contributed by atoms with Gasteiger partial charge in [-0.1, -0.05) is 18.2 Å². The number of aromatic nitrogens is 1. The summed E-state index contributed by atoms with van der Waals surface area (Å²) in [5.74, 6) is 1.09. The monoisotopic (exact) mass is 542 g/mol. The zero-order valence-electron chi connectivity index (χ0n) is 21.5. The van der Waals surface area contributed by atoms with Crippen molar-refractivity contribution < 1.29 is 23.5 Å². The molecule has 0 spiro atoms. The number of nitrogens with zero attached hydrogens (tertiary/aromatic N) is 2. The van der Waals surface area contributed by atoms with Crippen LogP contribution in [0.5, 0.6) is 5.75 Å². The van der Waals surface area contributed by atoms with Gasteiger partial charge in [-0.25, -0.2) is 4.79 Å². The van der Waals surface area contributed by atoms with E-state index >= 15 is 0 Å². The summed E-state index contributed by atoms with van der Waals surface area (Å²) in [5, 5.41) is 6.68. The number of hydrogen-bond donors (Lipinski definition) is 2. The highest BCUT2D eigenvalue weighted by atomic mass is 32.1. The molecule has 0 bridgehead atoms. The van der Waals surface area contributed by atoms with Crippen LogP contribution in [0.1, 0.15) is 40.8 Å². The van der Waals surface area contributed by atoms with Crippen molar-refractivity contribution in [1.82, 2.24) is 10.3 Å². The number of rotatable bonds is 7. The molecule has 198 valence electrons. The molecule has 3 heterocycles. The van der Waals surface area contributed by atoms with Crippen molar-refractivity contribution >= 4 is 40.6 Å². The summed E-state index contributed by atoms with van der Waals surface area (Å²) in [6, 6.07) is 21.2. The zero-order chi connectivity index (χ0) is 27.5. The zero-order valence-corrected chi connectivity index (χ0v) is 22.3. The van der Waals surface area contributed by atoms with Crippen LogP contribution in [0.25, 0.3) is 11.3 Å². The fourth-order valence-corrected chi connectivity index (χ4v) is 4.99. The predicted octanol–water partition coefficient (Wildman–Crippen LogP) is 5.27. The van der Waals surface area contributed by atoms with Crippen molar-refractivity contribution in [2.75, 3.05) is 24.4 Å². The number of benzene rings is 2. The Morgan fingerprint density at radius 1 is 1.05 bits per heavy atom. The first kappa shape index (κ1) is 25.9. The van der Waals surface area contributed by atoms with Gasteiger partial charge in [-0.3, -0.25) is 9.78 Å². The molecule has 2 aromatic heterocycles. The molecule has 0 saturated carbocycles. The molecule has 9 nitrogen and oxygen atoms in total. The molecular formula is C29H26N4O5S. The third kappa shape index (κ3) is 5.19. The lowest BCUT2D eigenvalue weighted by Gasteiger charge is -2.27. The Labute approximate surface area is 230 Å². The van der Waals surface area contributed by atoms with Gasteiger partial charge in [-0.15, -0.1) is 0 Å². The van der Waals surface area contributed by atoms with E-state index in [2.05, 4.69) is 15.6 Å². The van der Waals surface area contributed by atoms with Crippen LogP contribution in [0.15, 0.2) is 83.4 Å². The van der Waals surface area contributed by atoms with Crippen LogP contribution in [0, 0.1) is 0 Å². The number of carbonyl (C=O) groups excluding carboxylic acids is 2. The van der Waals surface area contributed by atoms with E-state index in [1.165, 1.54) is 14.0 Å². The Hall–Kier alpha value is -4.70. The molecule has 4 aromatic rings. The average molecular weight is 543 g/mol. The second-order valence-electron chi connectivity index (χ2n) is 8.84. The molecule has 1 aliphatic rings. The highest BCUT2D eigenvalue weighted by Gasteiger charge is 2.42. The highest BCUT2D eigenvalue weighted by Crippen LogP contribution is 2.44. The number of esters is 1. The Morgan fingerprint density at radius 3 is 2.62 bits per heavy atom. The van der Waals surface area contributed by atoms with E-state index in [0.29, 0.717) is 33.6 Å². The molecule has 1 saturated heterocycles. The van der Waals surface area contributed by atoms with Gasteiger partial charge >= 0.3 is 5.97 Å².